The Bertz CT molecular complexity index is 157. The van der Waals surface area contributed by atoms with Crippen LogP contribution in [0.2, 0.25) is 0 Å². The zero-order chi connectivity index (χ0) is 7.98. The Hall–Kier alpha value is -1.05. The molecular weight excluding hydrogens is 128 g/mol. The van der Waals surface area contributed by atoms with Crippen molar-refractivity contribution in [3.05, 3.63) is 24.5 Å². The van der Waals surface area contributed by atoms with Gasteiger partial charge in [0.2, 0.25) is 0 Å². The van der Waals surface area contributed by atoms with Crippen molar-refractivity contribution in [2.24, 2.45) is 0 Å². The summed E-state index contributed by atoms with van der Waals surface area (Å²) in [5.41, 5.74) is 0. The molecule has 2 heteroatoms. The smallest absolute Gasteiger partial charge is 0.308 e. The lowest BCUT2D eigenvalue weighted by atomic mass is 10.4. The number of carbonyl (C=O) groups excluding carboxylic acids is 1. The van der Waals surface area contributed by atoms with Gasteiger partial charge in [-0.2, -0.15) is 0 Å². The molecule has 0 atom stereocenters. The van der Waals surface area contributed by atoms with Crippen LogP contribution in [-0.4, -0.2) is 5.97 Å². The zero-order valence-electron chi connectivity index (χ0n) is 6.39. The summed E-state index contributed by atoms with van der Waals surface area (Å²) in [5, 5.41) is 0. The normalized spacial score (nSPS) is 10.8. The molecular formula is C8H12O2. The fourth-order valence-electron chi connectivity index (χ4n) is 0.534. The molecule has 0 saturated carbocycles. The Morgan fingerprint density at radius 1 is 1.70 bits per heavy atom. The summed E-state index contributed by atoms with van der Waals surface area (Å²) >= 11 is 0. The van der Waals surface area contributed by atoms with Crippen molar-refractivity contribution < 1.29 is 9.53 Å². The molecule has 56 valence electrons. The minimum atomic E-state index is -0.306. The Morgan fingerprint density at radius 2 is 2.30 bits per heavy atom. The maximum atomic E-state index is 10.4. The molecule has 0 heterocycles. The molecule has 0 rings (SSSR count). The molecule has 0 fully saturated rings. The van der Waals surface area contributed by atoms with Gasteiger partial charge in [-0.15, -0.1) is 0 Å². The van der Waals surface area contributed by atoms with Gasteiger partial charge >= 0.3 is 5.97 Å². The van der Waals surface area contributed by atoms with E-state index >= 15 is 0 Å². The van der Waals surface area contributed by atoms with Crippen molar-refractivity contribution >= 4 is 5.97 Å². The van der Waals surface area contributed by atoms with E-state index in [2.05, 4.69) is 6.58 Å². The summed E-state index contributed by atoms with van der Waals surface area (Å²) in [5.74, 6) is 0.231. The highest BCUT2D eigenvalue weighted by atomic mass is 16.5. The van der Waals surface area contributed by atoms with Crippen molar-refractivity contribution in [1.29, 1.82) is 0 Å². The predicted molar refractivity (Wildman–Crippen MR) is 40.3 cm³/mol. The van der Waals surface area contributed by atoms with E-state index in [4.69, 9.17) is 4.74 Å². The van der Waals surface area contributed by atoms with Crippen LogP contribution in [0.3, 0.4) is 0 Å². The van der Waals surface area contributed by atoms with E-state index in [1.165, 1.54) is 13.0 Å². The van der Waals surface area contributed by atoms with Gasteiger partial charge in [-0.25, -0.2) is 0 Å². The molecule has 0 spiro atoms. The zero-order valence-corrected chi connectivity index (χ0v) is 6.39. The van der Waals surface area contributed by atoms with Crippen LogP contribution in [0.4, 0.5) is 0 Å². The van der Waals surface area contributed by atoms with E-state index < -0.39 is 0 Å². The van der Waals surface area contributed by atoms with Gasteiger partial charge in [0.1, 0.15) is 5.76 Å². The van der Waals surface area contributed by atoms with Crippen molar-refractivity contribution in [3.8, 4) is 0 Å². The molecule has 0 N–H and O–H groups in total. The molecule has 0 saturated heterocycles. The molecule has 0 aromatic carbocycles. The molecule has 0 bridgehead atoms. The van der Waals surface area contributed by atoms with Crippen LogP contribution in [0, 0.1) is 0 Å². The van der Waals surface area contributed by atoms with Crippen LogP contribution < -0.4 is 0 Å². The summed E-state index contributed by atoms with van der Waals surface area (Å²) in [6.07, 6.45) is 4.16. The molecule has 0 aliphatic carbocycles. The van der Waals surface area contributed by atoms with Gasteiger partial charge < -0.3 is 4.74 Å². The summed E-state index contributed by atoms with van der Waals surface area (Å²) < 4.78 is 4.74. The maximum Gasteiger partial charge on any atom is 0.308 e. The van der Waals surface area contributed by atoms with Crippen LogP contribution in [0.1, 0.15) is 20.3 Å². The minimum Gasteiger partial charge on any atom is -0.427 e. The average molecular weight is 140 g/mol. The number of rotatable bonds is 3. The lowest BCUT2D eigenvalue weighted by Crippen LogP contribution is -1.95. The molecule has 0 unspecified atom stereocenters. The lowest BCUT2D eigenvalue weighted by Gasteiger charge is -1.98. The van der Waals surface area contributed by atoms with Gasteiger partial charge in [0, 0.05) is 6.92 Å². The Balaban J connectivity index is 3.95. The van der Waals surface area contributed by atoms with E-state index in [0.29, 0.717) is 5.76 Å². The Kier molecular flexibility index (Phi) is 4.29. The van der Waals surface area contributed by atoms with E-state index in [9.17, 15) is 4.79 Å². The van der Waals surface area contributed by atoms with Crippen molar-refractivity contribution in [2.45, 2.75) is 20.3 Å². The number of hydrogen-bond acceptors (Lipinski definition) is 2. The first kappa shape index (κ1) is 8.95. The quantitative estimate of drug-likeness (QED) is 0.340. The SMILES string of the molecule is C=CC(=CCC)OC(C)=O. The number of allylic oxidation sites excluding steroid dienone is 2. The van der Waals surface area contributed by atoms with Crippen LogP contribution >= 0.6 is 0 Å². The standard InChI is InChI=1S/C8H12O2/c1-4-6-8(5-2)10-7(3)9/h5-6H,2,4H2,1,3H3. The Morgan fingerprint density at radius 3 is 2.60 bits per heavy atom. The molecule has 0 aromatic heterocycles. The van der Waals surface area contributed by atoms with Gasteiger partial charge in [0.05, 0.1) is 0 Å². The predicted octanol–water partition coefficient (Wildman–Crippen LogP) is 2.03. The molecule has 0 amide bonds. The van der Waals surface area contributed by atoms with Crippen molar-refractivity contribution in [3.63, 3.8) is 0 Å². The highest BCUT2D eigenvalue weighted by molar-refractivity contribution is 5.67. The number of ether oxygens (including phenoxy) is 1. The van der Waals surface area contributed by atoms with Crippen LogP contribution in [0.5, 0.6) is 0 Å². The maximum absolute atomic E-state index is 10.4. The highest BCUT2D eigenvalue weighted by Crippen LogP contribution is 1.99. The van der Waals surface area contributed by atoms with Gasteiger partial charge in [0.15, 0.2) is 0 Å². The van der Waals surface area contributed by atoms with Crippen LogP contribution in [0.15, 0.2) is 24.5 Å². The second-order valence-electron chi connectivity index (χ2n) is 1.81. The van der Waals surface area contributed by atoms with Crippen LogP contribution in [-0.2, 0) is 9.53 Å². The van der Waals surface area contributed by atoms with E-state index in [1.54, 1.807) is 6.08 Å². The van der Waals surface area contributed by atoms with Crippen molar-refractivity contribution in [2.75, 3.05) is 0 Å². The molecule has 0 aliphatic rings. The largest absolute Gasteiger partial charge is 0.427 e. The number of carbonyl (C=O) groups is 1. The van der Waals surface area contributed by atoms with E-state index in [-0.39, 0.29) is 5.97 Å². The first-order chi connectivity index (χ1) is 4.70. The third-order valence-electron chi connectivity index (χ3n) is 0.868. The second kappa shape index (κ2) is 4.79. The monoisotopic (exact) mass is 140 g/mol. The van der Waals surface area contributed by atoms with Gasteiger partial charge in [-0.05, 0) is 18.6 Å². The van der Waals surface area contributed by atoms with Gasteiger partial charge in [0.25, 0.3) is 0 Å². The molecule has 2 nitrogen and oxygen atoms in total. The van der Waals surface area contributed by atoms with Gasteiger partial charge in [-0.1, -0.05) is 13.5 Å². The fraction of sp³-hybridized carbons (Fsp3) is 0.375. The lowest BCUT2D eigenvalue weighted by molar-refractivity contribution is -0.136. The Labute approximate surface area is 61.2 Å². The molecule has 10 heavy (non-hydrogen) atoms. The summed E-state index contributed by atoms with van der Waals surface area (Å²) in [7, 11) is 0. The average Bonchev–Trinajstić information content (AvgIpc) is 1.86. The topological polar surface area (TPSA) is 26.3 Å². The summed E-state index contributed by atoms with van der Waals surface area (Å²) in [6.45, 7) is 6.82. The summed E-state index contributed by atoms with van der Waals surface area (Å²) in [6, 6.07) is 0. The van der Waals surface area contributed by atoms with Gasteiger partial charge in [-0.3, -0.25) is 4.79 Å². The third kappa shape index (κ3) is 3.89. The third-order valence-corrected chi connectivity index (χ3v) is 0.868. The van der Waals surface area contributed by atoms with Crippen molar-refractivity contribution in [1.82, 2.24) is 0 Å². The second-order valence-corrected chi connectivity index (χ2v) is 1.81. The molecule has 0 aliphatic heterocycles. The molecule has 0 aromatic rings. The van der Waals surface area contributed by atoms with E-state index in [1.807, 2.05) is 6.92 Å². The first-order valence-corrected chi connectivity index (χ1v) is 3.21. The van der Waals surface area contributed by atoms with E-state index in [0.717, 1.165) is 6.42 Å². The highest BCUT2D eigenvalue weighted by Gasteiger charge is 1.94. The molecule has 0 radical (unpaired) electrons. The number of esters is 1. The summed E-state index contributed by atoms with van der Waals surface area (Å²) in [4.78, 5) is 10.4. The first-order valence-electron chi connectivity index (χ1n) is 3.21. The van der Waals surface area contributed by atoms with Crippen LogP contribution in [0.25, 0.3) is 0 Å². The fourth-order valence-corrected chi connectivity index (χ4v) is 0.534. The number of hydrogen-bond donors (Lipinski definition) is 0. The minimum absolute atomic E-state index is 0.306.